The third-order valence-electron chi connectivity index (χ3n) is 3.51. The van der Waals surface area contributed by atoms with Crippen molar-refractivity contribution in [3.8, 4) is 0 Å². The van der Waals surface area contributed by atoms with E-state index < -0.39 is 0 Å². The summed E-state index contributed by atoms with van der Waals surface area (Å²) >= 11 is 3.47. The lowest BCUT2D eigenvalue weighted by atomic mass is 10.2. The maximum Gasteiger partial charge on any atom is 0.204 e. The highest BCUT2D eigenvalue weighted by Crippen LogP contribution is 2.32. The number of pyridine rings is 1. The highest BCUT2D eigenvalue weighted by atomic mass is 79.9. The van der Waals surface area contributed by atoms with Crippen molar-refractivity contribution >= 4 is 49.6 Å². The standard InChI is InChI=1S/C13H12BrN5/c14-7-2-3-8-9(6-7)17-12(15)10-11(8)19-5-1-4-16-13(19)18-10/h2-3,6H,1,4-5H2,(H2,15,17)(H,16,18). The lowest BCUT2D eigenvalue weighted by molar-refractivity contribution is 0.643. The second kappa shape index (κ2) is 3.84. The molecule has 0 radical (unpaired) electrons. The summed E-state index contributed by atoms with van der Waals surface area (Å²) in [6, 6.07) is 6.08. The number of hydrogen-bond donors (Lipinski definition) is 2. The number of nitrogen functional groups attached to an aromatic ring is 1. The quantitative estimate of drug-likeness (QED) is 0.669. The molecule has 96 valence electrons. The van der Waals surface area contributed by atoms with E-state index in [2.05, 4.69) is 41.8 Å². The molecule has 1 aromatic carbocycles. The molecule has 0 unspecified atom stereocenters. The van der Waals surface area contributed by atoms with Gasteiger partial charge in [0.05, 0.1) is 11.0 Å². The lowest BCUT2D eigenvalue weighted by Crippen LogP contribution is -2.17. The second-order valence-corrected chi connectivity index (χ2v) is 5.64. The zero-order chi connectivity index (χ0) is 13.0. The molecule has 0 spiro atoms. The molecule has 0 aliphatic carbocycles. The maximum atomic E-state index is 6.05. The van der Waals surface area contributed by atoms with Gasteiger partial charge in [-0.2, -0.15) is 0 Å². The monoisotopic (exact) mass is 317 g/mol. The van der Waals surface area contributed by atoms with E-state index >= 15 is 0 Å². The zero-order valence-corrected chi connectivity index (χ0v) is 11.7. The summed E-state index contributed by atoms with van der Waals surface area (Å²) in [5.41, 5.74) is 8.82. The van der Waals surface area contributed by atoms with Crippen molar-refractivity contribution in [3.63, 3.8) is 0 Å². The number of rotatable bonds is 0. The predicted molar refractivity (Wildman–Crippen MR) is 80.3 cm³/mol. The molecular formula is C13H12BrN5. The minimum absolute atomic E-state index is 0.490. The number of halogens is 1. The number of nitrogens with zero attached hydrogens (tertiary/aromatic N) is 3. The van der Waals surface area contributed by atoms with E-state index in [0.29, 0.717) is 5.82 Å². The van der Waals surface area contributed by atoms with E-state index in [-0.39, 0.29) is 0 Å². The van der Waals surface area contributed by atoms with E-state index in [0.717, 1.165) is 51.9 Å². The van der Waals surface area contributed by atoms with Gasteiger partial charge in [-0.25, -0.2) is 9.97 Å². The number of benzene rings is 1. The summed E-state index contributed by atoms with van der Waals surface area (Å²) in [4.78, 5) is 9.03. The summed E-state index contributed by atoms with van der Waals surface area (Å²) in [5.74, 6) is 1.38. The van der Waals surface area contributed by atoms with Crippen LogP contribution in [0, 0.1) is 0 Å². The van der Waals surface area contributed by atoms with Crippen LogP contribution in [0.15, 0.2) is 22.7 Å². The summed E-state index contributed by atoms with van der Waals surface area (Å²) in [7, 11) is 0. The van der Waals surface area contributed by atoms with Gasteiger partial charge in [0.2, 0.25) is 5.95 Å². The Kier molecular flexibility index (Phi) is 2.23. The van der Waals surface area contributed by atoms with Crippen molar-refractivity contribution in [1.29, 1.82) is 0 Å². The highest BCUT2D eigenvalue weighted by Gasteiger charge is 2.19. The third-order valence-corrected chi connectivity index (χ3v) is 4.00. The smallest absolute Gasteiger partial charge is 0.204 e. The number of aryl methyl sites for hydroxylation is 1. The van der Waals surface area contributed by atoms with Gasteiger partial charge in [0, 0.05) is 22.9 Å². The Hall–Kier alpha value is -1.82. The van der Waals surface area contributed by atoms with Gasteiger partial charge in [-0.1, -0.05) is 15.9 Å². The Morgan fingerprint density at radius 1 is 1.32 bits per heavy atom. The minimum Gasteiger partial charge on any atom is -0.382 e. The summed E-state index contributed by atoms with van der Waals surface area (Å²) in [5, 5.41) is 4.41. The molecular weight excluding hydrogens is 306 g/mol. The molecule has 5 nitrogen and oxygen atoms in total. The van der Waals surface area contributed by atoms with Gasteiger partial charge in [0.25, 0.3) is 0 Å². The molecule has 3 aromatic rings. The second-order valence-electron chi connectivity index (χ2n) is 4.72. The number of fused-ring (bicyclic) bond motifs is 5. The fraction of sp³-hybridized carbons (Fsp3) is 0.231. The Labute approximate surface area is 117 Å². The van der Waals surface area contributed by atoms with Gasteiger partial charge >= 0.3 is 0 Å². The van der Waals surface area contributed by atoms with Crippen molar-refractivity contribution < 1.29 is 0 Å². The SMILES string of the molecule is Nc1nc2cc(Br)ccc2c2c1nc1n2CCCN1. The first-order valence-corrected chi connectivity index (χ1v) is 7.02. The molecule has 1 aliphatic heterocycles. The zero-order valence-electron chi connectivity index (χ0n) is 10.2. The average Bonchev–Trinajstić information content (AvgIpc) is 2.79. The molecule has 0 bridgehead atoms. The molecule has 0 saturated carbocycles. The van der Waals surface area contributed by atoms with Crippen molar-refractivity contribution in [3.05, 3.63) is 22.7 Å². The predicted octanol–water partition coefficient (Wildman–Crippen LogP) is 2.74. The fourth-order valence-electron chi connectivity index (χ4n) is 2.67. The number of aromatic nitrogens is 3. The molecule has 3 N–H and O–H groups in total. The van der Waals surface area contributed by atoms with Crippen LogP contribution < -0.4 is 11.1 Å². The van der Waals surface area contributed by atoms with Gasteiger partial charge in [-0.15, -0.1) is 0 Å². The van der Waals surface area contributed by atoms with E-state index in [1.165, 1.54) is 0 Å². The molecule has 4 rings (SSSR count). The van der Waals surface area contributed by atoms with Crippen molar-refractivity contribution in [2.75, 3.05) is 17.6 Å². The van der Waals surface area contributed by atoms with Crippen LogP contribution in [0.2, 0.25) is 0 Å². The molecule has 0 saturated heterocycles. The van der Waals surface area contributed by atoms with Gasteiger partial charge in [-0.05, 0) is 24.6 Å². The van der Waals surface area contributed by atoms with E-state index in [4.69, 9.17) is 5.73 Å². The van der Waals surface area contributed by atoms with E-state index in [1.807, 2.05) is 12.1 Å². The van der Waals surface area contributed by atoms with Crippen LogP contribution in [0.4, 0.5) is 11.8 Å². The molecule has 2 aromatic heterocycles. The number of nitrogens with two attached hydrogens (primary N) is 1. The molecule has 0 atom stereocenters. The van der Waals surface area contributed by atoms with Crippen LogP contribution in [0.1, 0.15) is 6.42 Å². The average molecular weight is 318 g/mol. The summed E-state index contributed by atoms with van der Waals surface area (Å²) in [6.45, 7) is 1.92. The maximum absolute atomic E-state index is 6.05. The van der Waals surface area contributed by atoms with Crippen LogP contribution in [0.3, 0.4) is 0 Å². The van der Waals surface area contributed by atoms with Crippen LogP contribution in [0.5, 0.6) is 0 Å². The molecule has 0 fully saturated rings. The number of anilines is 2. The van der Waals surface area contributed by atoms with Crippen LogP contribution in [-0.4, -0.2) is 21.1 Å². The Morgan fingerprint density at radius 2 is 2.21 bits per heavy atom. The van der Waals surface area contributed by atoms with Crippen LogP contribution in [0.25, 0.3) is 21.9 Å². The first-order valence-electron chi connectivity index (χ1n) is 6.23. The molecule has 6 heteroatoms. The van der Waals surface area contributed by atoms with E-state index in [9.17, 15) is 0 Å². The van der Waals surface area contributed by atoms with Gasteiger partial charge in [0.1, 0.15) is 5.52 Å². The molecule has 19 heavy (non-hydrogen) atoms. The molecule has 0 amide bonds. The summed E-state index contributed by atoms with van der Waals surface area (Å²) in [6.07, 6.45) is 1.10. The number of imidazole rings is 1. The molecule has 3 heterocycles. The van der Waals surface area contributed by atoms with Gasteiger partial charge in [-0.3, -0.25) is 0 Å². The first-order chi connectivity index (χ1) is 9.24. The highest BCUT2D eigenvalue weighted by molar-refractivity contribution is 9.10. The Morgan fingerprint density at radius 3 is 3.11 bits per heavy atom. The fourth-order valence-corrected chi connectivity index (χ4v) is 3.02. The number of hydrogen-bond acceptors (Lipinski definition) is 4. The minimum atomic E-state index is 0.490. The van der Waals surface area contributed by atoms with Crippen LogP contribution in [-0.2, 0) is 6.54 Å². The number of nitrogens with one attached hydrogen (secondary N) is 1. The lowest BCUT2D eigenvalue weighted by Gasteiger charge is -2.16. The van der Waals surface area contributed by atoms with Crippen molar-refractivity contribution in [1.82, 2.24) is 14.5 Å². The van der Waals surface area contributed by atoms with Crippen molar-refractivity contribution in [2.24, 2.45) is 0 Å². The molecule has 1 aliphatic rings. The Balaban J connectivity index is 2.21. The van der Waals surface area contributed by atoms with Gasteiger partial charge < -0.3 is 15.6 Å². The van der Waals surface area contributed by atoms with Crippen LogP contribution >= 0.6 is 15.9 Å². The normalized spacial score (nSPS) is 14.6. The first kappa shape index (κ1) is 11.0. The van der Waals surface area contributed by atoms with E-state index in [1.54, 1.807) is 0 Å². The van der Waals surface area contributed by atoms with Gasteiger partial charge in [0.15, 0.2) is 5.82 Å². The summed E-state index contributed by atoms with van der Waals surface area (Å²) < 4.78 is 3.20. The topological polar surface area (TPSA) is 68.8 Å². The largest absolute Gasteiger partial charge is 0.382 e. The van der Waals surface area contributed by atoms with Crippen molar-refractivity contribution in [2.45, 2.75) is 13.0 Å². The third kappa shape index (κ3) is 1.53. The Bertz CT molecular complexity index is 808.